The molecule has 0 aromatic heterocycles. The summed E-state index contributed by atoms with van der Waals surface area (Å²) in [6.45, 7) is 5.09. The van der Waals surface area contributed by atoms with Crippen molar-refractivity contribution in [1.29, 1.82) is 0 Å². The minimum atomic E-state index is -0.723. The summed E-state index contributed by atoms with van der Waals surface area (Å²) in [5.74, 6) is 0. The number of hydrogen-bond donors (Lipinski definition) is 1. The molecular weight excluding hydrogens is 308 g/mol. The van der Waals surface area contributed by atoms with Crippen LogP contribution in [-0.4, -0.2) is 28.8 Å². The summed E-state index contributed by atoms with van der Waals surface area (Å²) in [5, 5.41) is 10.7. The Morgan fingerprint density at radius 1 is 1.36 bits per heavy atom. The Morgan fingerprint density at radius 3 is 2.41 bits per heavy atom. The molecule has 0 atom stereocenters. The number of rotatable bonds is 4. The van der Waals surface area contributed by atoms with Crippen LogP contribution in [0.1, 0.15) is 26.3 Å². The summed E-state index contributed by atoms with van der Waals surface area (Å²) in [6, 6.07) is 4.12. The van der Waals surface area contributed by atoms with Gasteiger partial charge in [-0.1, -0.05) is 6.07 Å². The second kappa shape index (κ2) is 6.78. The predicted octanol–water partition coefficient (Wildman–Crippen LogP) is 2.97. The quantitative estimate of drug-likeness (QED) is 0.522. The highest BCUT2D eigenvalue weighted by atomic mass is 32.1. The first-order valence-electron chi connectivity index (χ1n) is 6.47. The molecule has 0 aliphatic rings. The lowest BCUT2D eigenvalue weighted by molar-refractivity contribution is -0.384. The number of ether oxygens (including phenoxy) is 1. The summed E-state index contributed by atoms with van der Waals surface area (Å²) >= 11 is 3.68. The van der Waals surface area contributed by atoms with Crippen molar-refractivity contribution in [3.8, 4) is 0 Å². The van der Waals surface area contributed by atoms with E-state index in [-0.39, 0.29) is 22.9 Å². The molecule has 0 spiro atoms. The highest BCUT2D eigenvalue weighted by Gasteiger charge is 2.26. The third-order valence-electron chi connectivity index (χ3n) is 2.62. The van der Waals surface area contributed by atoms with Gasteiger partial charge >= 0.3 is 6.09 Å². The monoisotopic (exact) mass is 326 g/mol. The van der Waals surface area contributed by atoms with Crippen molar-refractivity contribution in [3.63, 3.8) is 0 Å². The molecule has 1 amide bonds. The van der Waals surface area contributed by atoms with Gasteiger partial charge in [0.1, 0.15) is 11.3 Å². The van der Waals surface area contributed by atoms with Gasteiger partial charge in [-0.05, 0) is 32.4 Å². The van der Waals surface area contributed by atoms with E-state index in [9.17, 15) is 19.7 Å². The number of nitrogens with zero attached hydrogens (tertiary/aromatic N) is 2. The molecule has 0 saturated heterocycles. The molecular formula is C14H18N2O5S. The number of hydrogen-bond acceptors (Lipinski definition) is 5. The molecule has 7 nitrogen and oxygen atoms in total. The number of benzene rings is 1. The third kappa shape index (κ3) is 5.03. The molecule has 22 heavy (non-hydrogen) atoms. The van der Waals surface area contributed by atoms with Crippen molar-refractivity contribution < 1.29 is 19.2 Å². The van der Waals surface area contributed by atoms with Crippen LogP contribution in [0, 0.1) is 10.1 Å². The Morgan fingerprint density at radius 2 is 1.95 bits per heavy atom. The molecule has 8 heteroatoms. The molecule has 1 rings (SSSR count). The number of anilines is 1. The highest BCUT2D eigenvalue weighted by Crippen LogP contribution is 2.30. The van der Waals surface area contributed by atoms with Gasteiger partial charge in [-0.2, -0.15) is 0 Å². The maximum Gasteiger partial charge on any atom is 0.414 e. The highest BCUT2D eigenvalue weighted by molar-refractivity contribution is 7.96. The lowest BCUT2D eigenvalue weighted by Gasteiger charge is -2.24. The van der Waals surface area contributed by atoms with Crippen LogP contribution in [0.5, 0.6) is 0 Å². The third-order valence-corrected chi connectivity index (χ3v) is 2.78. The van der Waals surface area contributed by atoms with E-state index in [1.165, 1.54) is 25.2 Å². The molecule has 0 fully saturated rings. The average molecular weight is 326 g/mol. The minimum absolute atomic E-state index is 0.0102. The number of nitro benzene ring substituents is 1. The van der Waals surface area contributed by atoms with Crippen LogP contribution in [0.4, 0.5) is 16.2 Å². The topological polar surface area (TPSA) is 89.8 Å². The van der Waals surface area contributed by atoms with Crippen molar-refractivity contribution in [2.75, 3.05) is 11.9 Å². The van der Waals surface area contributed by atoms with Gasteiger partial charge in [0.05, 0.1) is 4.92 Å². The zero-order valence-electron chi connectivity index (χ0n) is 12.8. The van der Waals surface area contributed by atoms with Crippen molar-refractivity contribution >= 4 is 35.2 Å². The van der Waals surface area contributed by atoms with Gasteiger partial charge in [0.15, 0.2) is 5.12 Å². The summed E-state index contributed by atoms with van der Waals surface area (Å²) in [5.41, 5.74) is -0.384. The van der Waals surface area contributed by atoms with Crippen LogP contribution in [0.15, 0.2) is 18.2 Å². The van der Waals surface area contributed by atoms with E-state index < -0.39 is 16.6 Å². The Bertz CT molecular complexity index is 610. The van der Waals surface area contributed by atoms with Crippen LogP contribution in [0.2, 0.25) is 0 Å². The lowest BCUT2D eigenvalue weighted by Crippen LogP contribution is -2.34. The summed E-state index contributed by atoms with van der Waals surface area (Å²) in [7, 11) is 1.38. The van der Waals surface area contributed by atoms with Crippen LogP contribution < -0.4 is 4.90 Å². The number of nitro groups is 1. The molecule has 1 aromatic rings. The number of amides is 1. The largest absolute Gasteiger partial charge is 0.443 e. The summed E-state index contributed by atoms with van der Waals surface area (Å²) < 4.78 is 5.19. The van der Waals surface area contributed by atoms with Crippen molar-refractivity contribution in [2.24, 2.45) is 0 Å². The summed E-state index contributed by atoms with van der Waals surface area (Å²) in [6.07, 6.45) is -0.707. The number of thiol groups is 1. The fourth-order valence-corrected chi connectivity index (χ4v) is 1.89. The molecule has 0 N–H and O–H groups in total. The lowest BCUT2D eigenvalue weighted by atomic mass is 10.1. The molecule has 0 aliphatic carbocycles. The molecule has 0 unspecified atom stereocenters. The van der Waals surface area contributed by atoms with Crippen LogP contribution in [-0.2, 0) is 16.0 Å². The normalized spacial score (nSPS) is 11.0. The molecule has 0 bridgehead atoms. The number of carbonyl (C=O) groups excluding carboxylic acids is 2. The average Bonchev–Trinajstić information content (AvgIpc) is 2.34. The molecule has 0 radical (unpaired) electrons. The van der Waals surface area contributed by atoms with Gasteiger partial charge < -0.3 is 4.74 Å². The van der Waals surface area contributed by atoms with Gasteiger partial charge in [0.2, 0.25) is 0 Å². The Kier molecular flexibility index (Phi) is 5.54. The van der Waals surface area contributed by atoms with Crippen molar-refractivity contribution in [1.82, 2.24) is 0 Å². The van der Waals surface area contributed by atoms with Gasteiger partial charge in [-0.3, -0.25) is 19.8 Å². The second-order valence-electron chi connectivity index (χ2n) is 5.69. The van der Waals surface area contributed by atoms with E-state index in [0.29, 0.717) is 5.56 Å². The van der Waals surface area contributed by atoms with E-state index in [1.54, 1.807) is 20.8 Å². The van der Waals surface area contributed by atoms with Gasteiger partial charge in [-0.15, -0.1) is 12.6 Å². The smallest absolute Gasteiger partial charge is 0.414 e. The molecule has 0 saturated carbocycles. The molecule has 0 heterocycles. The summed E-state index contributed by atoms with van der Waals surface area (Å²) in [4.78, 5) is 34.7. The first-order valence-corrected chi connectivity index (χ1v) is 6.92. The molecule has 0 aliphatic heterocycles. The fourth-order valence-electron chi connectivity index (χ4n) is 1.71. The second-order valence-corrected chi connectivity index (χ2v) is 6.19. The maximum atomic E-state index is 12.1. The van der Waals surface area contributed by atoms with E-state index in [1.807, 2.05) is 0 Å². The van der Waals surface area contributed by atoms with Crippen LogP contribution >= 0.6 is 12.6 Å². The van der Waals surface area contributed by atoms with E-state index in [2.05, 4.69) is 12.6 Å². The number of carbonyl (C=O) groups is 2. The van der Waals surface area contributed by atoms with Crippen molar-refractivity contribution in [2.45, 2.75) is 32.8 Å². The van der Waals surface area contributed by atoms with Gasteiger partial charge in [-0.25, -0.2) is 4.79 Å². The molecule has 120 valence electrons. The Balaban J connectivity index is 3.20. The standard InChI is InChI=1S/C14H18N2O5S/c1-14(2,3)21-13(18)15(4)11-7-9(8-12(17)22)5-6-10(11)16(19)20/h5-7H,8H2,1-4H3,(H,17,22). The first-order chi connectivity index (χ1) is 10.0. The van der Waals surface area contributed by atoms with Crippen molar-refractivity contribution in [3.05, 3.63) is 33.9 Å². The Labute approximate surface area is 133 Å². The minimum Gasteiger partial charge on any atom is -0.443 e. The Hall–Kier alpha value is -2.09. The van der Waals surface area contributed by atoms with Crippen LogP contribution in [0.25, 0.3) is 0 Å². The van der Waals surface area contributed by atoms with Crippen LogP contribution in [0.3, 0.4) is 0 Å². The zero-order valence-corrected chi connectivity index (χ0v) is 13.7. The first kappa shape index (κ1) is 18.0. The van der Waals surface area contributed by atoms with E-state index in [0.717, 1.165) is 4.90 Å². The fraction of sp³-hybridized carbons (Fsp3) is 0.429. The zero-order chi connectivity index (χ0) is 17.1. The van der Waals surface area contributed by atoms with Gasteiger partial charge in [0, 0.05) is 19.5 Å². The SMILES string of the molecule is CN(C(=O)OC(C)(C)C)c1cc(CC(=O)S)ccc1[N+](=O)[O-]. The van der Waals surface area contributed by atoms with Gasteiger partial charge in [0.25, 0.3) is 5.69 Å². The molecule has 1 aromatic carbocycles. The van der Waals surface area contributed by atoms with E-state index >= 15 is 0 Å². The van der Waals surface area contributed by atoms with E-state index in [4.69, 9.17) is 4.74 Å². The maximum absolute atomic E-state index is 12.1. The predicted molar refractivity (Wildman–Crippen MR) is 85.4 cm³/mol.